The zero-order chi connectivity index (χ0) is 18.0. The predicted octanol–water partition coefficient (Wildman–Crippen LogP) is 3.60. The van der Waals surface area contributed by atoms with Crippen molar-refractivity contribution in [2.24, 2.45) is 5.73 Å². The van der Waals surface area contributed by atoms with E-state index in [2.05, 4.69) is 15.4 Å². The molecular weight excluding hydrogens is 370 g/mol. The maximum Gasteiger partial charge on any atom is 0.271 e. The molecule has 25 heavy (non-hydrogen) atoms. The summed E-state index contributed by atoms with van der Waals surface area (Å²) in [5.74, 6) is -0.661. The van der Waals surface area contributed by atoms with Crippen LogP contribution in [0.1, 0.15) is 16.1 Å². The van der Waals surface area contributed by atoms with E-state index in [1.165, 1.54) is 30.3 Å². The van der Waals surface area contributed by atoms with Crippen molar-refractivity contribution < 1.29 is 13.9 Å². The Morgan fingerprint density at radius 3 is 2.60 bits per heavy atom. The molecule has 0 aliphatic carbocycles. The number of nitrogens with zero attached hydrogens (tertiary/aromatic N) is 2. The largest absolute Gasteiger partial charge is 0.489 e. The number of aromatic nitrogens is 3. The van der Waals surface area contributed by atoms with E-state index in [9.17, 15) is 9.18 Å². The highest BCUT2D eigenvalue weighted by atomic mass is 35.5. The second-order valence-electron chi connectivity index (χ2n) is 5.05. The fourth-order valence-electron chi connectivity index (χ4n) is 2.27. The lowest BCUT2D eigenvalue weighted by atomic mass is 10.0. The highest BCUT2D eigenvalue weighted by Crippen LogP contribution is 2.35. The summed E-state index contributed by atoms with van der Waals surface area (Å²) >= 11 is 12.3. The fourth-order valence-corrected chi connectivity index (χ4v) is 2.90. The number of nitrogens with two attached hydrogens (primary N) is 1. The van der Waals surface area contributed by atoms with Crippen molar-refractivity contribution in [1.29, 1.82) is 0 Å². The average Bonchev–Trinajstić information content (AvgIpc) is 3.03. The van der Waals surface area contributed by atoms with Gasteiger partial charge in [-0.2, -0.15) is 15.4 Å². The molecule has 0 radical (unpaired) electrons. The van der Waals surface area contributed by atoms with Crippen molar-refractivity contribution in [1.82, 2.24) is 15.4 Å². The second kappa shape index (κ2) is 7.08. The smallest absolute Gasteiger partial charge is 0.271 e. The number of primary amides is 1. The molecule has 0 saturated heterocycles. The molecule has 2 aromatic carbocycles. The van der Waals surface area contributed by atoms with Crippen molar-refractivity contribution in [2.75, 3.05) is 0 Å². The summed E-state index contributed by atoms with van der Waals surface area (Å²) in [5, 5.41) is 10.7. The Labute approximate surface area is 151 Å². The fraction of sp³-hybridized carbons (Fsp3) is 0.0625. The third-order valence-electron chi connectivity index (χ3n) is 3.36. The van der Waals surface area contributed by atoms with E-state index in [-0.39, 0.29) is 28.8 Å². The van der Waals surface area contributed by atoms with Crippen molar-refractivity contribution in [3.8, 4) is 17.0 Å². The summed E-state index contributed by atoms with van der Waals surface area (Å²) in [6.07, 6.45) is 0. The quantitative estimate of drug-likeness (QED) is 0.706. The molecule has 1 heterocycles. The summed E-state index contributed by atoms with van der Waals surface area (Å²) in [5.41, 5.74) is 6.45. The summed E-state index contributed by atoms with van der Waals surface area (Å²) < 4.78 is 18.6. The van der Waals surface area contributed by atoms with Crippen molar-refractivity contribution in [2.45, 2.75) is 6.61 Å². The lowest BCUT2D eigenvalue weighted by Gasteiger charge is -2.12. The number of hydrogen-bond donors (Lipinski definition) is 2. The van der Waals surface area contributed by atoms with Crippen LogP contribution in [0.3, 0.4) is 0 Å². The van der Waals surface area contributed by atoms with Crippen LogP contribution in [0.4, 0.5) is 4.39 Å². The molecule has 1 aromatic heterocycles. The minimum Gasteiger partial charge on any atom is -0.489 e. The number of rotatable bonds is 5. The first-order valence-corrected chi connectivity index (χ1v) is 7.78. The molecule has 0 aliphatic heterocycles. The van der Waals surface area contributed by atoms with Gasteiger partial charge in [0.2, 0.25) is 0 Å². The van der Waals surface area contributed by atoms with Crippen LogP contribution in [0, 0.1) is 5.82 Å². The molecule has 0 spiro atoms. The maximum absolute atomic E-state index is 13.0. The number of nitrogens with one attached hydrogen (secondary N) is 1. The lowest BCUT2D eigenvalue weighted by Crippen LogP contribution is -2.13. The van der Waals surface area contributed by atoms with Gasteiger partial charge in [0, 0.05) is 16.1 Å². The Morgan fingerprint density at radius 2 is 1.92 bits per heavy atom. The van der Waals surface area contributed by atoms with Gasteiger partial charge in [0.25, 0.3) is 5.91 Å². The molecule has 0 atom stereocenters. The average molecular weight is 381 g/mol. The number of benzene rings is 2. The molecule has 0 aliphatic rings. The molecule has 9 heteroatoms. The minimum atomic E-state index is -0.750. The number of aromatic amines is 1. The summed E-state index contributed by atoms with van der Waals surface area (Å²) in [4.78, 5) is 11.5. The number of amides is 1. The first-order chi connectivity index (χ1) is 12.0. The zero-order valence-corrected chi connectivity index (χ0v) is 14.1. The molecular formula is C16H11Cl2FN4O2. The third-order valence-corrected chi connectivity index (χ3v) is 3.88. The highest BCUT2D eigenvalue weighted by molar-refractivity contribution is 6.36. The Balaban J connectivity index is 1.99. The zero-order valence-electron chi connectivity index (χ0n) is 12.6. The van der Waals surface area contributed by atoms with Crippen LogP contribution in [0.25, 0.3) is 11.3 Å². The van der Waals surface area contributed by atoms with E-state index in [0.717, 1.165) is 0 Å². The molecule has 1 amide bonds. The van der Waals surface area contributed by atoms with Crippen LogP contribution in [0.2, 0.25) is 10.0 Å². The normalized spacial score (nSPS) is 10.7. The van der Waals surface area contributed by atoms with Gasteiger partial charge in [-0.3, -0.25) is 4.79 Å². The van der Waals surface area contributed by atoms with E-state index >= 15 is 0 Å². The molecule has 0 bridgehead atoms. The number of hydrogen-bond acceptors (Lipinski definition) is 4. The number of H-pyrrole nitrogens is 1. The predicted molar refractivity (Wildman–Crippen MR) is 91.1 cm³/mol. The monoisotopic (exact) mass is 380 g/mol. The summed E-state index contributed by atoms with van der Waals surface area (Å²) in [6, 6.07) is 8.69. The second-order valence-corrected chi connectivity index (χ2v) is 5.89. The van der Waals surface area contributed by atoms with Gasteiger partial charge in [0.15, 0.2) is 5.69 Å². The standard InChI is InChI=1S/C16H11Cl2FN4O2/c17-9-5-8(7-25-11-3-1-10(19)2-4-11)13(12(18)6-9)14-15(16(20)24)22-23-21-14/h1-6H,7H2,(H2,20,24)(H,21,22,23). The van der Waals surface area contributed by atoms with Crippen molar-refractivity contribution in [3.05, 3.63) is 63.5 Å². The van der Waals surface area contributed by atoms with Gasteiger partial charge < -0.3 is 10.5 Å². The number of ether oxygens (including phenoxy) is 1. The van der Waals surface area contributed by atoms with Gasteiger partial charge in [-0.05, 0) is 36.4 Å². The molecule has 3 N–H and O–H groups in total. The lowest BCUT2D eigenvalue weighted by molar-refractivity contribution is 0.0996. The van der Waals surface area contributed by atoms with Gasteiger partial charge in [0.05, 0.1) is 5.02 Å². The van der Waals surface area contributed by atoms with Crippen LogP contribution in [0.5, 0.6) is 5.75 Å². The molecule has 6 nitrogen and oxygen atoms in total. The Kier molecular flexibility index (Phi) is 4.87. The van der Waals surface area contributed by atoms with Gasteiger partial charge in [0.1, 0.15) is 23.9 Å². The van der Waals surface area contributed by atoms with Gasteiger partial charge in [-0.1, -0.05) is 23.2 Å². The molecule has 0 unspecified atom stereocenters. The third kappa shape index (κ3) is 3.72. The van der Waals surface area contributed by atoms with Crippen LogP contribution in [0.15, 0.2) is 36.4 Å². The van der Waals surface area contributed by atoms with E-state index in [1.807, 2.05) is 0 Å². The summed E-state index contributed by atoms with van der Waals surface area (Å²) in [7, 11) is 0. The minimum absolute atomic E-state index is 0.0488. The number of halogens is 3. The molecule has 0 saturated carbocycles. The van der Waals surface area contributed by atoms with Crippen molar-refractivity contribution in [3.63, 3.8) is 0 Å². The molecule has 3 aromatic rings. The first kappa shape index (κ1) is 17.2. The maximum atomic E-state index is 13.0. The van der Waals surface area contributed by atoms with Gasteiger partial charge in [-0.25, -0.2) is 4.39 Å². The molecule has 3 rings (SSSR count). The Bertz CT molecular complexity index is 928. The van der Waals surface area contributed by atoms with Gasteiger partial charge >= 0.3 is 0 Å². The number of carbonyl (C=O) groups excluding carboxylic acids is 1. The molecule has 128 valence electrons. The number of carbonyl (C=O) groups is 1. The van der Waals surface area contributed by atoms with E-state index in [0.29, 0.717) is 21.9 Å². The van der Waals surface area contributed by atoms with Crippen molar-refractivity contribution >= 4 is 29.1 Å². The van der Waals surface area contributed by atoms with E-state index in [4.69, 9.17) is 33.7 Å². The SMILES string of the molecule is NC(=O)c1n[nH]nc1-c1c(Cl)cc(Cl)cc1COc1ccc(F)cc1. The van der Waals surface area contributed by atoms with Crippen LogP contribution >= 0.6 is 23.2 Å². The van der Waals surface area contributed by atoms with Gasteiger partial charge in [-0.15, -0.1) is 0 Å². The van der Waals surface area contributed by atoms with E-state index in [1.54, 1.807) is 6.07 Å². The molecule has 0 fully saturated rings. The highest BCUT2D eigenvalue weighted by Gasteiger charge is 2.21. The van der Waals surface area contributed by atoms with E-state index < -0.39 is 5.91 Å². The van der Waals surface area contributed by atoms with Crippen LogP contribution in [-0.4, -0.2) is 21.3 Å². The summed E-state index contributed by atoms with van der Waals surface area (Å²) in [6.45, 7) is 0.0618. The Hall–Kier alpha value is -2.64. The first-order valence-electron chi connectivity index (χ1n) is 7.03. The topological polar surface area (TPSA) is 93.9 Å². The van der Waals surface area contributed by atoms with Crippen LogP contribution in [-0.2, 0) is 6.61 Å². The Morgan fingerprint density at radius 1 is 1.20 bits per heavy atom. The van der Waals surface area contributed by atoms with Crippen LogP contribution < -0.4 is 10.5 Å².